The van der Waals surface area contributed by atoms with Gasteiger partial charge in [0.2, 0.25) is 5.91 Å². The number of ether oxygens (including phenoxy) is 1. The molecule has 15 heavy (non-hydrogen) atoms. The third kappa shape index (κ3) is 4.26. The monoisotopic (exact) mass is 212 g/mol. The zero-order valence-corrected chi connectivity index (χ0v) is 8.36. The first-order chi connectivity index (χ1) is 7.22. The van der Waals surface area contributed by atoms with Crippen LogP contribution in [0.1, 0.15) is 19.8 Å². The third-order valence-corrected chi connectivity index (χ3v) is 1.58. The van der Waals surface area contributed by atoms with Gasteiger partial charge < -0.3 is 14.6 Å². The van der Waals surface area contributed by atoms with Gasteiger partial charge in [-0.1, -0.05) is 5.16 Å². The Bertz CT molecular complexity index is 321. The number of carbonyl (C=O) groups is 2. The third-order valence-electron chi connectivity index (χ3n) is 1.58. The van der Waals surface area contributed by atoms with Crippen molar-refractivity contribution in [3.05, 3.63) is 12.5 Å². The van der Waals surface area contributed by atoms with Crippen LogP contribution < -0.4 is 5.32 Å². The molecule has 0 saturated heterocycles. The summed E-state index contributed by atoms with van der Waals surface area (Å²) in [5, 5.41) is 5.93. The zero-order valence-electron chi connectivity index (χ0n) is 8.36. The Balaban J connectivity index is 2.22. The van der Waals surface area contributed by atoms with Crippen molar-refractivity contribution in [3.63, 3.8) is 0 Å². The molecular weight excluding hydrogens is 200 g/mol. The topological polar surface area (TPSA) is 81.4 Å². The molecule has 0 spiro atoms. The molecule has 0 saturated carbocycles. The van der Waals surface area contributed by atoms with Gasteiger partial charge in [0.25, 0.3) is 0 Å². The van der Waals surface area contributed by atoms with E-state index in [2.05, 4.69) is 19.7 Å². The molecule has 0 aliphatic heterocycles. The van der Waals surface area contributed by atoms with E-state index >= 15 is 0 Å². The molecule has 1 heterocycles. The Hall–Kier alpha value is -1.85. The maximum absolute atomic E-state index is 11.2. The second-order valence-electron chi connectivity index (χ2n) is 2.77. The predicted molar refractivity (Wildman–Crippen MR) is 51.0 cm³/mol. The number of aromatic nitrogens is 1. The molecule has 0 fully saturated rings. The number of nitrogens with one attached hydrogen (secondary N) is 1. The molecule has 0 aromatic carbocycles. The van der Waals surface area contributed by atoms with Crippen molar-refractivity contribution in [1.82, 2.24) is 5.16 Å². The number of esters is 1. The number of hydrogen-bond donors (Lipinski definition) is 1. The molecule has 6 nitrogen and oxygen atoms in total. The molecule has 6 heteroatoms. The van der Waals surface area contributed by atoms with Crippen LogP contribution in [0.4, 0.5) is 5.69 Å². The minimum Gasteiger partial charge on any atom is -0.466 e. The fraction of sp³-hybridized carbons (Fsp3) is 0.444. The van der Waals surface area contributed by atoms with E-state index < -0.39 is 0 Å². The summed E-state index contributed by atoms with van der Waals surface area (Å²) in [6, 6.07) is 0. The van der Waals surface area contributed by atoms with Crippen LogP contribution in [0.15, 0.2) is 17.0 Å². The lowest BCUT2D eigenvalue weighted by molar-refractivity contribution is -0.144. The highest BCUT2D eigenvalue weighted by atomic mass is 16.5. The molecule has 1 amide bonds. The van der Waals surface area contributed by atoms with E-state index in [0.717, 1.165) is 0 Å². The molecular formula is C9H12N2O4. The van der Waals surface area contributed by atoms with Crippen LogP contribution in [0.3, 0.4) is 0 Å². The first kappa shape index (κ1) is 11.2. The van der Waals surface area contributed by atoms with Crippen molar-refractivity contribution < 1.29 is 18.8 Å². The average molecular weight is 212 g/mol. The molecule has 1 N–H and O–H groups in total. The minimum atomic E-state index is -0.377. The molecule has 0 aliphatic carbocycles. The van der Waals surface area contributed by atoms with Gasteiger partial charge in [0.05, 0.1) is 19.2 Å². The lowest BCUT2D eigenvalue weighted by Gasteiger charge is -2.01. The second-order valence-corrected chi connectivity index (χ2v) is 2.77. The lowest BCUT2D eigenvalue weighted by atomic mass is 10.3. The molecule has 0 unspecified atom stereocenters. The van der Waals surface area contributed by atoms with Gasteiger partial charge in [-0.15, -0.1) is 0 Å². The SMILES string of the molecule is CCOC(=O)CCC(=O)Nc1cnoc1. The van der Waals surface area contributed by atoms with Crippen LogP contribution in [0.25, 0.3) is 0 Å². The Morgan fingerprint density at radius 1 is 1.53 bits per heavy atom. The summed E-state index contributed by atoms with van der Waals surface area (Å²) in [5.74, 6) is -0.649. The van der Waals surface area contributed by atoms with Crippen LogP contribution in [-0.2, 0) is 14.3 Å². The molecule has 1 aromatic heterocycles. The second kappa shape index (κ2) is 5.79. The van der Waals surface area contributed by atoms with Crippen molar-refractivity contribution in [2.45, 2.75) is 19.8 Å². The summed E-state index contributed by atoms with van der Waals surface area (Å²) in [5.41, 5.74) is 0.476. The van der Waals surface area contributed by atoms with E-state index in [9.17, 15) is 9.59 Å². The van der Waals surface area contributed by atoms with Gasteiger partial charge in [0.15, 0.2) is 0 Å². The Morgan fingerprint density at radius 3 is 2.93 bits per heavy atom. The normalized spacial score (nSPS) is 9.67. The Kier molecular flexibility index (Phi) is 4.33. The smallest absolute Gasteiger partial charge is 0.306 e. The van der Waals surface area contributed by atoms with Crippen molar-refractivity contribution in [2.24, 2.45) is 0 Å². The van der Waals surface area contributed by atoms with Crippen molar-refractivity contribution in [2.75, 3.05) is 11.9 Å². The summed E-state index contributed by atoms with van der Waals surface area (Å²) in [7, 11) is 0. The molecule has 1 rings (SSSR count). The maximum Gasteiger partial charge on any atom is 0.306 e. The van der Waals surface area contributed by atoms with Crippen molar-refractivity contribution in [3.8, 4) is 0 Å². The highest BCUT2D eigenvalue weighted by molar-refractivity contribution is 5.92. The highest BCUT2D eigenvalue weighted by Crippen LogP contribution is 2.05. The van der Waals surface area contributed by atoms with Gasteiger partial charge in [-0.05, 0) is 6.92 Å². The average Bonchev–Trinajstić information content (AvgIpc) is 2.68. The summed E-state index contributed by atoms with van der Waals surface area (Å²) in [6.07, 6.45) is 2.85. The zero-order chi connectivity index (χ0) is 11.1. The molecule has 0 aliphatic rings. The summed E-state index contributed by atoms with van der Waals surface area (Å²) in [4.78, 5) is 22.1. The van der Waals surface area contributed by atoms with E-state index in [1.165, 1.54) is 12.5 Å². The van der Waals surface area contributed by atoms with Crippen LogP contribution in [0, 0.1) is 0 Å². The number of hydrogen-bond acceptors (Lipinski definition) is 5. The van der Waals surface area contributed by atoms with Gasteiger partial charge >= 0.3 is 5.97 Å². The Labute approximate surface area is 86.6 Å². The first-order valence-electron chi connectivity index (χ1n) is 4.57. The van der Waals surface area contributed by atoms with Gasteiger partial charge in [0, 0.05) is 6.42 Å². The van der Waals surface area contributed by atoms with Crippen molar-refractivity contribution >= 4 is 17.6 Å². The lowest BCUT2D eigenvalue weighted by Crippen LogP contribution is -2.14. The first-order valence-corrected chi connectivity index (χ1v) is 4.57. The number of anilines is 1. The van der Waals surface area contributed by atoms with E-state index in [1.54, 1.807) is 6.92 Å². The fourth-order valence-corrected chi connectivity index (χ4v) is 0.939. The van der Waals surface area contributed by atoms with Crippen molar-refractivity contribution in [1.29, 1.82) is 0 Å². The van der Waals surface area contributed by atoms with Crippen LogP contribution in [0.2, 0.25) is 0 Å². The largest absolute Gasteiger partial charge is 0.466 e. The van der Waals surface area contributed by atoms with Gasteiger partial charge in [-0.2, -0.15) is 0 Å². The van der Waals surface area contributed by atoms with Gasteiger partial charge in [-0.25, -0.2) is 0 Å². The quantitative estimate of drug-likeness (QED) is 0.735. The summed E-state index contributed by atoms with van der Waals surface area (Å²) < 4.78 is 9.20. The van der Waals surface area contributed by atoms with E-state index in [-0.39, 0.29) is 24.7 Å². The van der Waals surface area contributed by atoms with Gasteiger partial charge in [0.1, 0.15) is 12.0 Å². The number of rotatable bonds is 5. The minimum absolute atomic E-state index is 0.0744. The number of amides is 1. The highest BCUT2D eigenvalue weighted by Gasteiger charge is 2.08. The molecule has 82 valence electrons. The molecule has 1 aromatic rings. The summed E-state index contributed by atoms with van der Waals surface area (Å²) >= 11 is 0. The van der Waals surface area contributed by atoms with E-state index in [1.807, 2.05) is 0 Å². The van der Waals surface area contributed by atoms with Gasteiger partial charge in [-0.3, -0.25) is 9.59 Å². The molecule has 0 radical (unpaired) electrons. The fourth-order valence-electron chi connectivity index (χ4n) is 0.939. The van der Waals surface area contributed by atoms with Crippen LogP contribution in [0.5, 0.6) is 0 Å². The number of nitrogens with zero attached hydrogens (tertiary/aromatic N) is 1. The summed E-state index contributed by atoms with van der Waals surface area (Å²) in [6.45, 7) is 2.04. The molecule has 0 atom stereocenters. The Morgan fingerprint density at radius 2 is 2.33 bits per heavy atom. The standard InChI is InChI=1S/C9H12N2O4/c1-2-14-9(13)4-3-8(12)11-7-5-10-15-6-7/h5-6H,2-4H2,1H3,(H,11,12). The predicted octanol–water partition coefficient (Wildman–Crippen LogP) is 0.956. The number of carbonyl (C=O) groups excluding carboxylic acids is 2. The molecule has 0 bridgehead atoms. The van der Waals surface area contributed by atoms with Crippen LogP contribution >= 0.6 is 0 Å². The van der Waals surface area contributed by atoms with E-state index in [0.29, 0.717) is 12.3 Å². The maximum atomic E-state index is 11.2. The van der Waals surface area contributed by atoms with E-state index in [4.69, 9.17) is 0 Å². The van der Waals surface area contributed by atoms with Crippen LogP contribution in [-0.4, -0.2) is 23.6 Å².